The van der Waals surface area contributed by atoms with Gasteiger partial charge in [-0.05, 0) is 45.2 Å². The Balaban J connectivity index is 2.25. The summed E-state index contributed by atoms with van der Waals surface area (Å²) in [6.45, 7) is 9.37. The number of thiol groups is 1. The van der Waals surface area contributed by atoms with Crippen LogP contribution in [0.5, 0.6) is 0 Å². The normalized spacial score (nSPS) is 19.6. The first-order valence-corrected chi connectivity index (χ1v) is 11.9. The van der Waals surface area contributed by atoms with E-state index in [1.165, 1.54) is 17.0 Å². The number of likely N-dealkylation sites (tertiary alicyclic amines) is 1. The van der Waals surface area contributed by atoms with Crippen LogP contribution < -0.4 is 5.43 Å². The van der Waals surface area contributed by atoms with Crippen molar-refractivity contribution in [2.75, 3.05) is 13.1 Å². The third kappa shape index (κ3) is 6.12. The number of benzene rings is 1. The third-order valence-corrected chi connectivity index (χ3v) is 6.59. The summed E-state index contributed by atoms with van der Waals surface area (Å²) >= 11 is 4.40. The lowest BCUT2D eigenvalue weighted by Gasteiger charge is -2.29. The maximum Gasteiger partial charge on any atom is 0.410 e. The van der Waals surface area contributed by atoms with Crippen molar-refractivity contribution in [3.05, 3.63) is 29.8 Å². The number of sulfonamides is 1. The molecule has 10 heteroatoms. The minimum absolute atomic E-state index is 0.0336. The summed E-state index contributed by atoms with van der Waals surface area (Å²) in [5, 5.41) is -0.201. The predicted octanol–water partition coefficient (Wildman–Crippen LogP) is 2.59. The molecule has 30 heavy (non-hydrogen) atoms. The Morgan fingerprint density at radius 2 is 1.83 bits per heavy atom. The Labute approximate surface area is 184 Å². The van der Waals surface area contributed by atoms with Crippen molar-refractivity contribution in [3.63, 3.8) is 0 Å². The van der Waals surface area contributed by atoms with Gasteiger partial charge in [-0.15, -0.1) is 4.41 Å². The molecule has 0 spiro atoms. The molecule has 2 rings (SSSR count). The summed E-state index contributed by atoms with van der Waals surface area (Å²) < 4.78 is 32.5. The number of rotatable bonds is 7. The van der Waals surface area contributed by atoms with Crippen LogP contribution in [0.25, 0.3) is 0 Å². The smallest absolute Gasteiger partial charge is 0.410 e. The number of amides is 2. The summed E-state index contributed by atoms with van der Waals surface area (Å²) in [5.41, 5.74) is 3.45. The van der Waals surface area contributed by atoms with Gasteiger partial charge in [-0.2, -0.15) is 12.6 Å². The number of ether oxygens (including phenoxy) is 1. The number of carbonyl (C=O) groups excluding carboxylic acids is 2. The third-order valence-electron chi connectivity index (χ3n) is 4.53. The average molecular weight is 458 g/mol. The van der Waals surface area contributed by atoms with Crippen molar-refractivity contribution in [3.8, 4) is 0 Å². The Hall–Kier alpha value is -1.78. The van der Waals surface area contributed by atoms with Crippen molar-refractivity contribution in [2.24, 2.45) is 5.92 Å². The fourth-order valence-corrected chi connectivity index (χ4v) is 4.92. The SMILES string of the molecule is Cc1ccc(S(=O)(=O)N(CC(C)C)NC(=O)[C@@H]2C[C@@H](S)CN2C(=O)OC(C)C)cc1. The molecule has 0 saturated carbocycles. The van der Waals surface area contributed by atoms with Crippen molar-refractivity contribution in [2.45, 2.75) is 63.3 Å². The molecule has 1 aromatic rings. The number of nitrogens with one attached hydrogen (secondary N) is 1. The van der Waals surface area contributed by atoms with E-state index in [0.29, 0.717) is 6.42 Å². The zero-order valence-corrected chi connectivity index (χ0v) is 19.7. The highest BCUT2D eigenvalue weighted by Crippen LogP contribution is 2.24. The van der Waals surface area contributed by atoms with Gasteiger partial charge in [0.1, 0.15) is 6.04 Å². The topological polar surface area (TPSA) is 96.0 Å². The van der Waals surface area contributed by atoms with E-state index in [0.717, 1.165) is 9.98 Å². The lowest BCUT2D eigenvalue weighted by Crippen LogP contribution is -2.54. The second kappa shape index (κ2) is 10.0. The molecule has 1 aromatic carbocycles. The largest absolute Gasteiger partial charge is 0.447 e. The van der Waals surface area contributed by atoms with E-state index >= 15 is 0 Å². The van der Waals surface area contributed by atoms with Crippen LogP contribution in [0.1, 0.15) is 39.7 Å². The molecule has 0 bridgehead atoms. The zero-order chi connectivity index (χ0) is 22.6. The van der Waals surface area contributed by atoms with Crippen LogP contribution >= 0.6 is 12.6 Å². The Morgan fingerprint density at radius 1 is 1.23 bits per heavy atom. The summed E-state index contributed by atoms with van der Waals surface area (Å²) in [5.74, 6) is -0.614. The van der Waals surface area contributed by atoms with Crippen molar-refractivity contribution in [1.82, 2.24) is 14.7 Å². The van der Waals surface area contributed by atoms with E-state index in [2.05, 4.69) is 18.1 Å². The molecule has 0 unspecified atom stereocenters. The molecule has 1 aliphatic heterocycles. The number of carbonyl (C=O) groups is 2. The van der Waals surface area contributed by atoms with Gasteiger partial charge in [-0.3, -0.25) is 15.1 Å². The highest BCUT2D eigenvalue weighted by atomic mass is 32.2. The molecule has 168 valence electrons. The molecule has 8 nitrogen and oxygen atoms in total. The van der Waals surface area contributed by atoms with E-state index in [4.69, 9.17) is 4.74 Å². The maximum atomic E-state index is 13.1. The van der Waals surface area contributed by atoms with Crippen LogP contribution in [-0.2, 0) is 19.6 Å². The van der Waals surface area contributed by atoms with Crippen LogP contribution in [0.3, 0.4) is 0 Å². The van der Waals surface area contributed by atoms with E-state index in [1.807, 2.05) is 20.8 Å². The summed E-state index contributed by atoms with van der Waals surface area (Å²) in [6, 6.07) is 5.57. The Bertz CT molecular complexity index is 856. The van der Waals surface area contributed by atoms with Gasteiger partial charge in [0.15, 0.2) is 0 Å². The second-order valence-corrected chi connectivity index (χ2v) is 10.8. The van der Waals surface area contributed by atoms with Gasteiger partial charge in [0.05, 0.1) is 11.0 Å². The zero-order valence-electron chi connectivity index (χ0n) is 18.0. The summed E-state index contributed by atoms with van der Waals surface area (Å²) in [7, 11) is -3.96. The van der Waals surface area contributed by atoms with Gasteiger partial charge < -0.3 is 4.74 Å². The number of hydrogen-bond acceptors (Lipinski definition) is 6. The first-order valence-electron chi connectivity index (χ1n) is 9.97. The molecule has 0 aliphatic carbocycles. The van der Waals surface area contributed by atoms with Crippen LogP contribution in [0.15, 0.2) is 29.2 Å². The summed E-state index contributed by atoms with van der Waals surface area (Å²) in [4.78, 5) is 26.8. The number of hydrogen-bond donors (Lipinski definition) is 2. The van der Waals surface area contributed by atoms with Gasteiger partial charge in [-0.1, -0.05) is 31.5 Å². The average Bonchev–Trinajstić information content (AvgIpc) is 3.02. The molecular weight excluding hydrogens is 426 g/mol. The molecule has 1 fully saturated rings. The summed E-state index contributed by atoms with van der Waals surface area (Å²) in [6.07, 6.45) is -0.638. The molecule has 0 aromatic heterocycles. The maximum absolute atomic E-state index is 13.1. The monoisotopic (exact) mass is 457 g/mol. The van der Waals surface area contributed by atoms with E-state index in [1.54, 1.807) is 26.0 Å². The van der Waals surface area contributed by atoms with Crippen LogP contribution in [-0.4, -0.2) is 60.2 Å². The molecular formula is C20H31N3O5S2. The van der Waals surface area contributed by atoms with Crippen LogP contribution in [0.4, 0.5) is 4.79 Å². The Kier molecular flexibility index (Phi) is 8.18. The van der Waals surface area contributed by atoms with Gasteiger partial charge in [-0.25, -0.2) is 13.2 Å². The molecule has 1 aliphatic rings. The lowest BCUT2D eigenvalue weighted by molar-refractivity contribution is -0.128. The molecule has 1 saturated heterocycles. The van der Waals surface area contributed by atoms with Crippen molar-refractivity contribution in [1.29, 1.82) is 0 Å². The van der Waals surface area contributed by atoms with Gasteiger partial charge in [0.25, 0.3) is 15.9 Å². The second-order valence-electron chi connectivity index (χ2n) is 8.21. The molecule has 2 amide bonds. The number of nitrogens with zero attached hydrogens (tertiary/aromatic N) is 2. The predicted molar refractivity (Wildman–Crippen MR) is 118 cm³/mol. The van der Waals surface area contributed by atoms with E-state index < -0.39 is 28.1 Å². The van der Waals surface area contributed by atoms with E-state index in [-0.39, 0.29) is 35.3 Å². The first-order chi connectivity index (χ1) is 13.9. The molecule has 2 atom stereocenters. The highest BCUT2D eigenvalue weighted by Gasteiger charge is 2.41. The highest BCUT2D eigenvalue weighted by molar-refractivity contribution is 7.89. The molecule has 1 N–H and O–H groups in total. The lowest BCUT2D eigenvalue weighted by atomic mass is 10.2. The minimum atomic E-state index is -3.96. The van der Waals surface area contributed by atoms with E-state index in [9.17, 15) is 18.0 Å². The van der Waals surface area contributed by atoms with Crippen molar-refractivity contribution < 1.29 is 22.7 Å². The van der Waals surface area contributed by atoms with Crippen LogP contribution in [0, 0.1) is 12.8 Å². The first kappa shape index (κ1) is 24.5. The fourth-order valence-electron chi connectivity index (χ4n) is 3.10. The number of aryl methyl sites for hydroxylation is 1. The van der Waals surface area contributed by atoms with Crippen molar-refractivity contribution >= 4 is 34.7 Å². The molecule has 0 radical (unpaired) electrons. The minimum Gasteiger partial charge on any atom is -0.447 e. The quantitative estimate of drug-likeness (QED) is 0.485. The fraction of sp³-hybridized carbons (Fsp3) is 0.600. The Morgan fingerprint density at radius 3 is 2.37 bits per heavy atom. The van der Waals surface area contributed by atoms with Gasteiger partial charge >= 0.3 is 6.09 Å². The van der Waals surface area contributed by atoms with Gasteiger partial charge in [0.2, 0.25) is 0 Å². The standard InChI is InChI=1S/C20H31N3O5S2/c1-13(2)11-23(30(26,27)17-8-6-15(5)7-9-17)21-19(24)18-10-16(29)12-22(18)20(25)28-14(3)4/h6-9,13-14,16,18,29H,10-12H2,1-5H3,(H,21,24)/t16-,18+/m1/s1. The van der Waals surface area contributed by atoms with Crippen LogP contribution in [0.2, 0.25) is 0 Å². The van der Waals surface area contributed by atoms with Gasteiger partial charge in [0, 0.05) is 18.3 Å². The molecule has 1 heterocycles. The number of hydrazine groups is 1.